The number of hydrogen-bond acceptors (Lipinski definition) is 5. The van der Waals surface area contributed by atoms with Crippen molar-refractivity contribution in [2.75, 3.05) is 0 Å². The Balaban J connectivity index is 0.000000141. The Morgan fingerprint density at radius 3 is 0.634 bits per heavy atom. The molecule has 6 aromatic heterocycles. The zero-order valence-corrected chi connectivity index (χ0v) is 60.7. The van der Waals surface area contributed by atoms with Crippen LogP contribution in [0.1, 0.15) is 0 Å². The minimum atomic E-state index is 0.633. The van der Waals surface area contributed by atoms with E-state index in [4.69, 9.17) is 9.97 Å². The molecular weight excluding hydrogens is 1360 g/mol. The van der Waals surface area contributed by atoms with Crippen molar-refractivity contribution in [2.24, 2.45) is 0 Å². The predicted molar refractivity (Wildman–Crippen MR) is 463 cm³/mol. The first-order valence-corrected chi connectivity index (χ1v) is 37.8. The Bertz CT molecular complexity index is 6350. The summed E-state index contributed by atoms with van der Waals surface area (Å²) in [4.78, 5) is 24.1. The number of benzene rings is 16. The average Bonchev–Trinajstić information content (AvgIpc) is 1.62. The Kier molecular flexibility index (Phi) is 16.0. The number of hydrogen-bond donors (Lipinski definition) is 0. The molecule has 0 saturated heterocycles. The normalized spacial score (nSPS) is 11.6. The van der Waals surface area contributed by atoms with Crippen molar-refractivity contribution in [1.29, 1.82) is 0 Å². The molecular formula is C103H67N9. The maximum atomic E-state index is 5.17. The van der Waals surface area contributed by atoms with Crippen LogP contribution in [0.2, 0.25) is 0 Å². The van der Waals surface area contributed by atoms with Crippen LogP contribution in [0.5, 0.6) is 0 Å². The van der Waals surface area contributed by atoms with Gasteiger partial charge in [0.25, 0.3) is 0 Å². The third-order valence-electron chi connectivity index (χ3n) is 21.8. The number of fused-ring (bicyclic) bond motifs is 12. The molecule has 9 heteroatoms. The first-order chi connectivity index (χ1) is 55.5. The van der Waals surface area contributed by atoms with Crippen molar-refractivity contribution in [3.8, 4) is 113 Å². The molecule has 0 atom stereocenters. The minimum absolute atomic E-state index is 0.633. The van der Waals surface area contributed by atoms with Crippen LogP contribution >= 0.6 is 0 Å². The van der Waals surface area contributed by atoms with E-state index in [1.807, 2.05) is 12.4 Å². The van der Waals surface area contributed by atoms with Gasteiger partial charge in [0, 0.05) is 88.1 Å². The number of aromatic nitrogens is 9. The lowest BCUT2D eigenvalue weighted by Crippen LogP contribution is -1.96. The largest absolute Gasteiger partial charge is 0.309 e. The fraction of sp³-hybridized carbons (Fsp3) is 0. The van der Waals surface area contributed by atoms with Gasteiger partial charge < -0.3 is 18.3 Å². The van der Waals surface area contributed by atoms with Crippen LogP contribution in [-0.4, -0.2) is 43.2 Å². The summed E-state index contributed by atoms with van der Waals surface area (Å²) in [6.07, 6.45) is 5.33. The first-order valence-electron chi connectivity index (χ1n) is 37.8. The van der Waals surface area contributed by atoms with E-state index in [1.54, 1.807) is 6.33 Å². The first kappa shape index (κ1) is 65.1. The Labute approximate surface area is 645 Å². The van der Waals surface area contributed by atoms with Gasteiger partial charge in [0.15, 0.2) is 11.6 Å². The van der Waals surface area contributed by atoms with Crippen molar-refractivity contribution >= 4 is 87.2 Å². The molecule has 0 amide bonds. The van der Waals surface area contributed by atoms with Crippen molar-refractivity contribution < 1.29 is 0 Å². The molecule has 0 aliphatic carbocycles. The van der Waals surface area contributed by atoms with Gasteiger partial charge in [0.1, 0.15) is 6.33 Å². The molecule has 6 heterocycles. The van der Waals surface area contributed by atoms with Crippen LogP contribution in [0.25, 0.3) is 200 Å². The summed E-state index contributed by atoms with van der Waals surface area (Å²) >= 11 is 0. The Hall–Kier alpha value is -15.2. The van der Waals surface area contributed by atoms with E-state index in [0.717, 1.165) is 101 Å². The molecule has 22 aromatic rings. The highest BCUT2D eigenvalue weighted by Gasteiger charge is 2.20. The molecule has 0 spiro atoms. The third-order valence-corrected chi connectivity index (χ3v) is 21.8. The highest BCUT2D eigenvalue weighted by Crippen LogP contribution is 2.41. The summed E-state index contributed by atoms with van der Waals surface area (Å²) < 4.78 is 9.43. The fourth-order valence-electron chi connectivity index (χ4n) is 16.7. The summed E-state index contributed by atoms with van der Waals surface area (Å²) in [7, 11) is 0. The molecule has 0 radical (unpaired) electrons. The highest BCUT2D eigenvalue weighted by atomic mass is 15.0. The van der Waals surface area contributed by atoms with Crippen LogP contribution in [0.4, 0.5) is 0 Å². The summed E-state index contributed by atoms with van der Waals surface area (Å²) in [5.41, 5.74) is 28.6. The third kappa shape index (κ3) is 11.5. The standard InChI is InChI=1S/C52H34N4.C51H33N5/c1-5-25-49-43(21-1)44-22-2-6-26-50(44)55(49)41-19-11-15-37(31-41)35-13-9-17-39(29-35)47-33-53-34-48(54-47)40-18-10-14-36(30-40)38-16-12-20-42(32-38)56-51-27-7-3-23-45(51)46-24-4-8-28-52(46)56;1-5-25-46-42(21-1)43-22-2-6-26-47(43)55(46)40-19-11-15-36(31-40)34-13-9-17-38(29-34)50-52-33-53-51(54-50)39-18-10-14-35(30-39)37-16-12-20-41(32-37)56-48-27-7-3-23-44(48)45-24-4-8-28-49(45)56/h1-34H;1-33H. The number of rotatable bonds is 12. The van der Waals surface area contributed by atoms with E-state index >= 15 is 0 Å². The Morgan fingerprint density at radius 2 is 0.375 bits per heavy atom. The van der Waals surface area contributed by atoms with Crippen molar-refractivity contribution in [1.82, 2.24) is 43.2 Å². The summed E-state index contributed by atoms with van der Waals surface area (Å²) in [5.74, 6) is 1.27. The second-order valence-corrected chi connectivity index (χ2v) is 28.4. The van der Waals surface area contributed by atoms with Crippen LogP contribution < -0.4 is 0 Å². The molecule has 112 heavy (non-hydrogen) atoms. The topological polar surface area (TPSA) is 84.2 Å². The summed E-state index contributed by atoms with van der Waals surface area (Å²) in [5, 5.41) is 10.0. The van der Waals surface area contributed by atoms with Gasteiger partial charge in [-0.2, -0.15) is 0 Å². The van der Waals surface area contributed by atoms with Gasteiger partial charge in [0.2, 0.25) is 0 Å². The minimum Gasteiger partial charge on any atom is -0.309 e. The fourth-order valence-corrected chi connectivity index (χ4v) is 16.7. The molecule has 0 bridgehead atoms. The molecule has 0 aliphatic heterocycles. The van der Waals surface area contributed by atoms with Gasteiger partial charge in [-0.1, -0.05) is 267 Å². The lowest BCUT2D eigenvalue weighted by Gasteiger charge is -2.12. The van der Waals surface area contributed by atoms with Gasteiger partial charge in [-0.3, -0.25) is 4.98 Å². The lowest BCUT2D eigenvalue weighted by molar-refractivity contribution is 1.07. The van der Waals surface area contributed by atoms with E-state index in [-0.39, 0.29) is 0 Å². The van der Waals surface area contributed by atoms with E-state index < -0.39 is 0 Å². The summed E-state index contributed by atoms with van der Waals surface area (Å²) in [6, 6.07) is 138. The highest BCUT2D eigenvalue weighted by molar-refractivity contribution is 6.12. The monoisotopic (exact) mass is 1430 g/mol. The van der Waals surface area contributed by atoms with Crippen LogP contribution in [-0.2, 0) is 0 Å². The molecule has 0 fully saturated rings. The van der Waals surface area contributed by atoms with E-state index in [1.165, 1.54) is 87.2 Å². The average molecular weight is 1430 g/mol. The lowest BCUT2D eigenvalue weighted by atomic mass is 10.00. The second kappa shape index (κ2) is 27.5. The maximum absolute atomic E-state index is 5.17. The van der Waals surface area contributed by atoms with E-state index in [0.29, 0.717) is 11.6 Å². The van der Waals surface area contributed by atoms with Gasteiger partial charge in [-0.15, -0.1) is 0 Å². The SMILES string of the molecule is c1cc(-c2cccc(-n3c4ccccc4c4ccccc43)c2)cc(-c2cncc(-c3cccc(-c4cccc(-n5c6ccccc6c6ccccc65)c4)c3)n2)c1.c1cc(-c2cccc(-n3c4ccccc4c4ccccc43)c2)cc(-c2ncnc(-c3cccc(-c4cccc(-n5c6ccccc6c6ccccc65)c4)c3)n2)c1. The van der Waals surface area contributed by atoms with Crippen LogP contribution in [0.3, 0.4) is 0 Å². The van der Waals surface area contributed by atoms with E-state index in [9.17, 15) is 0 Å². The van der Waals surface area contributed by atoms with Gasteiger partial charge in [0.05, 0.1) is 67.9 Å². The molecule has 0 saturated carbocycles. The van der Waals surface area contributed by atoms with Crippen molar-refractivity contribution in [2.45, 2.75) is 0 Å². The van der Waals surface area contributed by atoms with Gasteiger partial charge >= 0.3 is 0 Å². The Morgan fingerprint density at radius 1 is 0.170 bits per heavy atom. The quantitative estimate of drug-likeness (QED) is 0.122. The predicted octanol–water partition coefficient (Wildman–Crippen LogP) is 26.1. The molecule has 22 rings (SSSR count). The summed E-state index contributed by atoms with van der Waals surface area (Å²) in [6.45, 7) is 0. The number of para-hydroxylation sites is 8. The zero-order valence-electron chi connectivity index (χ0n) is 60.7. The zero-order chi connectivity index (χ0) is 74.0. The van der Waals surface area contributed by atoms with Gasteiger partial charge in [-0.25, -0.2) is 19.9 Å². The molecule has 0 unspecified atom stereocenters. The van der Waals surface area contributed by atoms with Crippen LogP contribution in [0.15, 0.2) is 407 Å². The smallest absolute Gasteiger partial charge is 0.163 e. The number of nitrogens with zero attached hydrogens (tertiary/aromatic N) is 9. The molecule has 524 valence electrons. The van der Waals surface area contributed by atoms with Crippen LogP contribution in [0, 0.1) is 0 Å². The molecule has 0 aliphatic rings. The van der Waals surface area contributed by atoms with Gasteiger partial charge in [-0.05, 0) is 166 Å². The molecule has 0 N–H and O–H groups in total. The van der Waals surface area contributed by atoms with E-state index in [2.05, 4.69) is 421 Å². The maximum Gasteiger partial charge on any atom is 0.163 e. The molecule has 16 aromatic carbocycles. The second-order valence-electron chi connectivity index (χ2n) is 28.4. The van der Waals surface area contributed by atoms with Crippen molar-refractivity contribution in [3.05, 3.63) is 407 Å². The molecule has 9 nitrogen and oxygen atoms in total. The van der Waals surface area contributed by atoms with Crippen molar-refractivity contribution in [3.63, 3.8) is 0 Å².